The molecular weight excluding hydrogens is 189 g/mol. The Kier molecular flexibility index (Phi) is 3.59. The summed E-state index contributed by atoms with van der Waals surface area (Å²) < 4.78 is 1.53. The van der Waals surface area contributed by atoms with Gasteiger partial charge in [-0.1, -0.05) is 0 Å². The van der Waals surface area contributed by atoms with Gasteiger partial charge in [-0.25, -0.2) is 0 Å². The topological polar surface area (TPSA) is 3.24 Å². The van der Waals surface area contributed by atoms with Crippen LogP contribution in [0.5, 0.6) is 0 Å². The van der Waals surface area contributed by atoms with Gasteiger partial charge in [0, 0.05) is 0 Å². The Hall–Kier alpha value is -0.483. The van der Waals surface area contributed by atoms with Gasteiger partial charge in [0.15, 0.2) is 0 Å². The van der Waals surface area contributed by atoms with Crippen molar-refractivity contribution in [3.05, 3.63) is 46.3 Å². The van der Waals surface area contributed by atoms with Crippen molar-refractivity contribution in [3.63, 3.8) is 0 Å². The third-order valence-corrected chi connectivity index (χ3v) is 3.80. The Balaban J connectivity index is 2.22. The second kappa shape index (κ2) is 4.80. The Morgan fingerprint density at radius 3 is 2.62 bits per heavy atom. The fourth-order valence-corrected chi connectivity index (χ4v) is 2.47. The molecule has 1 nitrogen and oxygen atoms in total. The zero-order valence-electron chi connectivity index (χ0n) is 10.5. The van der Waals surface area contributed by atoms with E-state index in [1.807, 2.05) is 0 Å². The summed E-state index contributed by atoms with van der Waals surface area (Å²) in [6.45, 7) is 0. The molecular formula is C14H18LiN. The maximum absolute atomic E-state index is 2.35. The Morgan fingerprint density at radius 2 is 2.12 bits per heavy atom. The second-order valence-corrected chi connectivity index (χ2v) is 5.08. The molecule has 80 valence electrons. The first kappa shape index (κ1) is 12.0. The molecule has 0 aromatic heterocycles. The summed E-state index contributed by atoms with van der Waals surface area (Å²) in [6.07, 6.45) is 16.9. The van der Waals surface area contributed by atoms with Gasteiger partial charge in [0.25, 0.3) is 0 Å². The Bertz CT molecular complexity index is 388. The average molecular weight is 207 g/mol. The third-order valence-electron chi connectivity index (χ3n) is 3.80. The van der Waals surface area contributed by atoms with Gasteiger partial charge in [-0.2, -0.15) is 0 Å². The summed E-state index contributed by atoms with van der Waals surface area (Å²) in [7, 11) is 4.36. The minimum absolute atomic E-state index is 0.181. The molecule has 16 heavy (non-hydrogen) atoms. The van der Waals surface area contributed by atoms with Gasteiger partial charge in [0.2, 0.25) is 0 Å². The number of allylic oxidation sites excluding steroid dienone is 5. The van der Waals surface area contributed by atoms with Crippen molar-refractivity contribution in [1.82, 2.24) is 4.90 Å². The van der Waals surface area contributed by atoms with Gasteiger partial charge < -0.3 is 0 Å². The molecule has 0 heterocycles. The third kappa shape index (κ3) is 2.27. The van der Waals surface area contributed by atoms with Crippen LogP contribution < -0.4 is 0 Å². The van der Waals surface area contributed by atoms with Crippen LogP contribution in [0.15, 0.2) is 46.3 Å². The molecule has 2 heteroatoms. The molecule has 0 fully saturated rings. The number of likely N-dealkylation sites (N-methyl/N-ethyl adjacent to an activating group) is 1. The molecule has 0 radical (unpaired) electrons. The maximum atomic E-state index is 2.35. The molecule has 0 bridgehead atoms. The summed E-state index contributed by atoms with van der Waals surface area (Å²) >= 11 is 2.25. The molecule has 0 amide bonds. The van der Waals surface area contributed by atoms with Gasteiger partial charge >= 0.3 is 108 Å². The van der Waals surface area contributed by atoms with Crippen LogP contribution in [0.2, 0.25) is 0 Å². The van der Waals surface area contributed by atoms with E-state index in [1.165, 1.54) is 9.82 Å². The first-order valence-corrected chi connectivity index (χ1v) is 6.01. The quantitative estimate of drug-likeness (QED) is 0.643. The van der Waals surface area contributed by atoms with Gasteiger partial charge in [0.05, 0.1) is 0 Å². The first-order chi connectivity index (χ1) is 7.64. The molecule has 2 aliphatic rings. The molecule has 0 spiro atoms. The predicted octanol–water partition coefficient (Wildman–Crippen LogP) is 2.58. The minimum atomic E-state index is 0.181. The predicted molar refractivity (Wildman–Crippen MR) is 70.5 cm³/mol. The summed E-state index contributed by atoms with van der Waals surface area (Å²) in [5.41, 5.74) is 1.70. The summed E-state index contributed by atoms with van der Waals surface area (Å²) in [5.74, 6) is 0. The van der Waals surface area contributed by atoms with E-state index in [-0.39, 0.29) is 5.54 Å². The Labute approximate surface area is 108 Å². The molecule has 2 aliphatic carbocycles. The SMILES string of the molecule is [Li][C]1=C(CC2(N(C)C)C=CC=CC2)C=CC1. The van der Waals surface area contributed by atoms with Crippen molar-refractivity contribution >= 4 is 17.7 Å². The molecule has 0 saturated carbocycles. The van der Waals surface area contributed by atoms with Crippen molar-refractivity contribution in [3.8, 4) is 0 Å². The molecule has 1 atom stereocenters. The monoisotopic (exact) mass is 207 g/mol. The normalized spacial score (nSPS) is 28.6. The van der Waals surface area contributed by atoms with Crippen LogP contribution in [-0.2, 0) is 0 Å². The van der Waals surface area contributed by atoms with E-state index in [2.05, 4.69) is 73.2 Å². The van der Waals surface area contributed by atoms with Gasteiger partial charge in [-0.05, 0) is 0 Å². The van der Waals surface area contributed by atoms with Crippen molar-refractivity contribution in [2.24, 2.45) is 0 Å². The van der Waals surface area contributed by atoms with Crippen LogP contribution in [0.3, 0.4) is 0 Å². The molecule has 2 rings (SSSR count). The number of nitrogens with zero attached hydrogens (tertiary/aromatic N) is 1. The van der Waals surface area contributed by atoms with E-state index in [9.17, 15) is 0 Å². The molecule has 0 saturated heterocycles. The van der Waals surface area contributed by atoms with Crippen molar-refractivity contribution < 1.29 is 0 Å². The van der Waals surface area contributed by atoms with E-state index in [0.717, 1.165) is 19.3 Å². The molecule has 0 N–H and O–H groups in total. The molecule has 0 aromatic rings. The summed E-state index contributed by atoms with van der Waals surface area (Å²) in [6, 6.07) is 0. The van der Waals surface area contributed by atoms with E-state index < -0.39 is 0 Å². The van der Waals surface area contributed by atoms with Crippen LogP contribution in [-0.4, -0.2) is 42.2 Å². The number of hydrogen-bond donors (Lipinski definition) is 0. The second-order valence-electron chi connectivity index (χ2n) is 5.08. The fraction of sp³-hybridized carbons (Fsp3) is 0.429. The molecule has 0 aromatic carbocycles. The van der Waals surface area contributed by atoms with Crippen molar-refractivity contribution in [1.29, 1.82) is 0 Å². The van der Waals surface area contributed by atoms with E-state index in [1.54, 1.807) is 0 Å². The van der Waals surface area contributed by atoms with Crippen LogP contribution in [0.1, 0.15) is 19.3 Å². The van der Waals surface area contributed by atoms with Crippen LogP contribution in [0.4, 0.5) is 0 Å². The molecule has 1 unspecified atom stereocenters. The van der Waals surface area contributed by atoms with Gasteiger partial charge in [0.1, 0.15) is 0 Å². The summed E-state index contributed by atoms with van der Waals surface area (Å²) in [4.78, 5) is 2.35. The zero-order valence-corrected chi connectivity index (χ0v) is 10.5. The average Bonchev–Trinajstić information content (AvgIpc) is 2.65. The van der Waals surface area contributed by atoms with Gasteiger partial charge in [-0.15, -0.1) is 0 Å². The fourth-order valence-electron chi connectivity index (χ4n) is 2.47. The van der Waals surface area contributed by atoms with E-state index in [4.69, 9.17) is 0 Å². The van der Waals surface area contributed by atoms with E-state index in [0.29, 0.717) is 0 Å². The zero-order chi connectivity index (χ0) is 11.6. The molecule has 0 aliphatic heterocycles. The van der Waals surface area contributed by atoms with Crippen LogP contribution in [0, 0.1) is 0 Å². The van der Waals surface area contributed by atoms with Crippen LogP contribution >= 0.6 is 0 Å². The van der Waals surface area contributed by atoms with E-state index >= 15 is 0 Å². The van der Waals surface area contributed by atoms with Crippen molar-refractivity contribution in [2.45, 2.75) is 24.8 Å². The number of rotatable bonds is 3. The first-order valence-electron chi connectivity index (χ1n) is 6.01. The summed E-state index contributed by atoms with van der Waals surface area (Å²) in [5, 5.41) is 0. The number of hydrogen-bond acceptors (Lipinski definition) is 1. The van der Waals surface area contributed by atoms with Crippen LogP contribution in [0.25, 0.3) is 0 Å². The Morgan fingerprint density at radius 1 is 1.31 bits per heavy atom. The van der Waals surface area contributed by atoms with Gasteiger partial charge in [-0.3, -0.25) is 0 Å². The standard InChI is InChI=1S/C14H18N.Li/c1-15(2)14(10-6-3-7-11-14)12-13-8-4-5-9-13;/h3-4,6-8,10H,5,11-12H2,1-2H3;. The van der Waals surface area contributed by atoms with Crippen molar-refractivity contribution in [2.75, 3.05) is 14.1 Å².